The molecule has 9 heteroatoms. The fourth-order valence-electron chi connectivity index (χ4n) is 4.84. The second-order valence-corrected chi connectivity index (χ2v) is 9.72. The van der Waals surface area contributed by atoms with Crippen LogP contribution in [0.4, 0.5) is 5.82 Å². The molecule has 2 aromatic carbocycles. The highest BCUT2D eigenvalue weighted by Gasteiger charge is 2.32. The Bertz CT molecular complexity index is 1670. The second kappa shape index (κ2) is 8.80. The number of ether oxygens (including phenoxy) is 2. The molecule has 0 radical (unpaired) electrons. The zero-order valence-corrected chi connectivity index (χ0v) is 21.4. The Morgan fingerprint density at radius 3 is 2.81 bits per heavy atom. The van der Waals surface area contributed by atoms with Gasteiger partial charge in [0.2, 0.25) is 0 Å². The van der Waals surface area contributed by atoms with Crippen LogP contribution in [0.15, 0.2) is 36.5 Å². The lowest BCUT2D eigenvalue weighted by Crippen LogP contribution is -2.32. The van der Waals surface area contributed by atoms with Crippen molar-refractivity contribution in [3.05, 3.63) is 80.6 Å². The minimum absolute atomic E-state index is 0.200. The van der Waals surface area contributed by atoms with E-state index in [1.54, 1.807) is 35.0 Å². The zero-order valence-electron chi connectivity index (χ0n) is 20.6. The number of aromatic nitrogens is 3. The van der Waals surface area contributed by atoms with Crippen molar-refractivity contribution in [1.82, 2.24) is 19.7 Å². The minimum atomic E-state index is -0.254. The Balaban J connectivity index is 1.28. The van der Waals surface area contributed by atoms with Gasteiger partial charge in [0, 0.05) is 36.2 Å². The number of pyridine rings is 1. The van der Waals surface area contributed by atoms with Gasteiger partial charge in [0.25, 0.3) is 5.91 Å². The van der Waals surface area contributed by atoms with Gasteiger partial charge in [-0.1, -0.05) is 29.5 Å². The van der Waals surface area contributed by atoms with Crippen molar-refractivity contribution in [2.75, 3.05) is 19.4 Å². The predicted molar refractivity (Wildman–Crippen MR) is 140 cm³/mol. The Kier molecular flexibility index (Phi) is 5.55. The van der Waals surface area contributed by atoms with Crippen LogP contribution in [0.3, 0.4) is 0 Å². The number of fused-ring (bicyclic) bond motifs is 4. The van der Waals surface area contributed by atoms with Crippen molar-refractivity contribution in [3.8, 4) is 17.6 Å². The predicted octanol–water partition coefficient (Wildman–Crippen LogP) is 4.15. The van der Waals surface area contributed by atoms with Crippen molar-refractivity contribution >= 4 is 34.2 Å². The number of benzene rings is 2. The number of nitrogens with two attached hydrogens (primary N) is 1. The standard InChI is InChI=1S/C28H24ClN5O3/c1-15-17(11-31-34(15)3)6-4-16-5-7-18-25(14-37-26(18)8-16)33(2)28(35)20-9-19-21-12-36-13-22(21)27(30)32-24(19)10-23(20)29/h5,7-11,25H,12-14H2,1-3H3,(H2,30,32)/t25-/m1/s1. The molecule has 0 fully saturated rings. The van der Waals surface area contributed by atoms with Crippen LogP contribution < -0.4 is 10.5 Å². The number of amides is 1. The van der Waals surface area contributed by atoms with Crippen molar-refractivity contribution in [2.24, 2.45) is 7.05 Å². The summed E-state index contributed by atoms with van der Waals surface area (Å²) in [5.74, 6) is 7.30. The van der Waals surface area contributed by atoms with Gasteiger partial charge in [-0.25, -0.2) is 4.98 Å². The van der Waals surface area contributed by atoms with E-state index in [0.29, 0.717) is 41.7 Å². The molecule has 0 aliphatic carbocycles. The summed E-state index contributed by atoms with van der Waals surface area (Å²) in [6.07, 6.45) is 1.76. The van der Waals surface area contributed by atoms with Crippen molar-refractivity contribution in [1.29, 1.82) is 0 Å². The van der Waals surface area contributed by atoms with Gasteiger partial charge in [0.15, 0.2) is 0 Å². The Labute approximate surface area is 218 Å². The SMILES string of the molecule is Cc1c(C#Cc2ccc3c(c2)OC[C@H]3N(C)C(=O)c2cc3c4c(c(N)nc3cc2Cl)COC4)cnn1C. The lowest BCUT2D eigenvalue weighted by atomic mass is 10.0. The first-order chi connectivity index (χ1) is 17.8. The van der Waals surface area contributed by atoms with E-state index in [0.717, 1.165) is 44.6 Å². The molecule has 2 N–H and O–H groups in total. The molecule has 8 nitrogen and oxygen atoms in total. The number of anilines is 1. The van der Waals surface area contributed by atoms with Gasteiger partial charge in [0.1, 0.15) is 18.2 Å². The van der Waals surface area contributed by atoms with Crippen LogP contribution in [-0.2, 0) is 25.0 Å². The quantitative estimate of drug-likeness (QED) is 0.405. The summed E-state index contributed by atoms with van der Waals surface area (Å²) in [5, 5.41) is 5.38. The fraction of sp³-hybridized carbons (Fsp3) is 0.250. The van der Waals surface area contributed by atoms with Gasteiger partial charge < -0.3 is 20.1 Å². The third-order valence-corrected chi connectivity index (χ3v) is 7.49. The van der Waals surface area contributed by atoms with Crippen LogP contribution in [-0.4, -0.2) is 39.2 Å². The maximum atomic E-state index is 13.6. The van der Waals surface area contributed by atoms with E-state index in [-0.39, 0.29) is 11.9 Å². The van der Waals surface area contributed by atoms with Crippen LogP contribution in [0.2, 0.25) is 5.02 Å². The molecule has 186 valence electrons. The lowest BCUT2D eigenvalue weighted by Gasteiger charge is -2.24. The van der Waals surface area contributed by atoms with Crippen LogP contribution in [0.25, 0.3) is 10.9 Å². The molecule has 0 bridgehead atoms. The highest BCUT2D eigenvalue weighted by Crippen LogP contribution is 2.38. The smallest absolute Gasteiger partial charge is 0.255 e. The monoisotopic (exact) mass is 513 g/mol. The molecule has 4 aromatic rings. The number of nitrogens with zero attached hydrogens (tertiary/aromatic N) is 4. The molecule has 0 spiro atoms. The first-order valence-electron chi connectivity index (χ1n) is 11.8. The van der Waals surface area contributed by atoms with Crippen LogP contribution in [0, 0.1) is 18.8 Å². The number of likely N-dealkylation sites (N-methyl/N-ethyl adjacent to an activating group) is 1. The zero-order chi connectivity index (χ0) is 25.8. The highest BCUT2D eigenvalue weighted by atomic mass is 35.5. The number of hydrogen-bond donors (Lipinski definition) is 1. The summed E-state index contributed by atoms with van der Waals surface area (Å²) in [6, 6.07) is 9.06. The molecule has 0 saturated heterocycles. The normalized spacial score (nSPS) is 15.6. The third kappa shape index (κ3) is 3.88. The molecule has 4 heterocycles. The lowest BCUT2D eigenvalue weighted by molar-refractivity contribution is 0.0709. The number of aryl methyl sites for hydroxylation is 1. The van der Waals surface area contributed by atoms with Gasteiger partial charge in [0.05, 0.1) is 52.8 Å². The maximum absolute atomic E-state index is 13.6. The number of carbonyl (C=O) groups is 1. The average molecular weight is 514 g/mol. The van der Waals surface area contributed by atoms with Gasteiger partial charge in [-0.2, -0.15) is 5.10 Å². The Morgan fingerprint density at radius 1 is 1.22 bits per heavy atom. The van der Waals surface area contributed by atoms with Gasteiger partial charge in [-0.05, 0) is 36.8 Å². The van der Waals surface area contributed by atoms with E-state index >= 15 is 0 Å². The van der Waals surface area contributed by atoms with Crippen LogP contribution in [0.1, 0.15) is 49.9 Å². The van der Waals surface area contributed by atoms with E-state index in [9.17, 15) is 4.79 Å². The largest absolute Gasteiger partial charge is 0.491 e. The van der Waals surface area contributed by atoms with Crippen molar-refractivity contribution < 1.29 is 14.3 Å². The molecule has 0 unspecified atom stereocenters. The van der Waals surface area contributed by atoms with E-state index in [1.165, 1.54) is 0 Å². The van der Waals surface area contributed by atoms with E-state index in [2.05, 4.69) is 21.9 Å². The highest BCUT2D eigenvalue weighted by molar-refractivity contribution is 6.34. The third-order valence-electron chi connectivity index (χ3n) is 7.18. The maximum Gasteiger partial charge on any atom is 0.255 e. The molecule has 0 saturated carbocycles. The van der Waals surface area contributed by atoms with Gasteiger partial charge >= 0.3 is 0 Å². The summed E-state index contributed by atoms with van der Waals surface area (Å²) in [5.41, 5.74) is 12.6. The van der Waals surface area contributed by atoms with Crippen molar-refractivity contribution in [2.45, 2.75) is 26.2 Å². The van der Waals surface area contributed by atoms with Gasteiger partial charge in [-0.15, -0.1) is 0 Å². The number of rotatable bonds is 2. The van der Waals surface area contributed by atoms with E-state index < -0.39 is 0 Å². The molecule has 6 rings (SSSR count). The molecule has 2 aromatic heterocycles. The van der Waals surface area contributed by atoms with Crippen LogP contribution in [0.5, 0.6) is 5.75 Å². The summed E-state index contributed by atoms with van der Waals surface area (Å²) < 4.78 is 13.3. The van der Waals surface area contributed by atoms with E-state index in [4.69, 9.17) is 26.8 Å². The number of carbonyl (C=O) groups excluding carboxylic acids is 1. The molecule has 2 aliphatic heterocycles. The average Bonchev–Trinajstić information content (AvgIpc) is 3.61. The molecular formula is C28H24ClN5O3. The molecule has 37 heavy (non-hydrogen) atoms. The van der Waals surface area contributed by atoms with E-state index in [1.807, 2.05) is 32.2 Å². The second-order valence-electron chi connectivity index (χ2n) is 9.31. The Hall–Kier alpha value is -4.06. The first kappa shape index (κ1) is 23.3. The van der Waals surface area contributed by atoms with Gasteiger partial charge in [-0.3, -0.25) is 9.48 Å². The molecule has 1 atom stereocenters. The molecule has 2 aliphatic rings. The number of hydrogen-bond acceptors (Lipinski definition) is 6. The number of nitrogen functional groups attached to an aromatic ring is 1. The first-order valence-corrected chi connectivity index (χ1v) is 12.2. The summed E-state index contributed by atoms with van der Waals surface area (Å²) in [4.78, 5) is 19.7. The summed E-state index contributed by atoms with van der Waals surface area (Å²) >= 11 is 6.56. The van der Waals surface area contributed by atoms with Crippen LogP contribution >= 0.6 is 11.6 Å². The summed E-state index contributed by atoms with van der Waals surface area (Å²) in [7, 11) is 3.65. The minimum Gasteiger partial charge on any atom is -0.491 e. The fourth-order valence-corrected chi connectivity index (χ4v) is 5.08. The number of halogens is 1. The Morgan fingerprint density at radius 2 is 2.03 bits per heavy atom. The van der Waals surface area contributed by atoms with Crippen molar-refractivity contribution in [3.63, 3.8) is 0 Å². The molecular weight excluding hydrogens is 490 g/mol. The summed E-state index contributed by atoms with van der Waals surface area (Å²) in [6.45, 7) is 3.18. The molecule has 1 amide bonds. The topological polar surface area (TPSA) is 95.5 Å².